The van der Waals surface area contributed by atoms with Crippen molar-refractivity contribution in [3.63, 3.8) is 0 Å². The molecule has 0 saturated carbocycles. The number of sulfonamides is 1. The van der Waals surface area contributed by atoms with Gasteiger partial charge >= 0.3 is 6.18 Å². The van der Waals surface area contributed by atoms with Gasteiger partial charge in [-0.1, -0.05) is 54.6 Å². The van der Waals surface area contributed by atoms with Crippen LogP contribution in [0, 0.1) is 0 Å². The standard InChI is InChI=1S/C31H29F3N6O4S/c1-43-24-11-5-21(6-12-24)18-36-45(41,42)29-27(31(32,33)34)16-15-26(23-9-3-20(17-35)4-10-23)28(29)30-37-39-40(38-30)19-22-7-13-25(44-2)14-8-22/h3-16,36H,17-19,35H2,1-2H3. The van der Waals surface area contributed by atoms with E-state index < -0.39 is 26.7 Å². The van der Waals surface area contributed by atoms with Crippen LogP contribution in [0.2, 0.25) is 0 Å². The summed E-state index contributed by atoms with van der Waals surface area (Å²) >= 11 is 0. The van der Waals surface area contributed by atoms with Crippen molar-refractivity contribution in [1.82, 2.24) is 24.9 Å². The smallest absolute Gasteiger partial charge is 0.417 e. The molecule has 0 fully saturated rings. The number of alkyl halides is 3. The van der Waals surface area contributed by atoms with Crippen LogP contribution in [-0.4, -0.2) is 42.8 Å². The van der Waals surface area contributed by atoms with Crippen LogP contribution in [0.25, 0.3) is 22.5 Å². The van der Waals surface area contributed by atoms with Crippen molar-refractivity contribution in [2.24, 2.45) is 5.73 Å². The molecule has 4 aromatic carbocycles. The minimum absolute atomic E-state index is 0.119. The Morgan fingerprint density at radius 3 is 1.96 bits per heavy atom. The Morgan fingerprint density at radius 2 is 1.40 bits per heavy atom. The molecule has 0 atom stereocenters. The predicted octanol–water partition coefficient (Wildman–Crippen LogP) is 5.03. The first kappa shape index (κ1) is 31.6. The number of methoxy groups -OCH3 is 2. The Labute approximate surface area is 257 Å². The molecule has 0 spiro atoms. The molecule has 0 aliphatic rings. The molecule has 3 N–H and O–H groups in total. The minimum Gasteiger partial charge on any atom is -0.497 e. The topological polar surface area (TPSA) is 134 Å². The van der Waals surface area contributed by atoms with Gasteiger partial charge in [-0.2, -0.15) is 18.0 Å². The number of nitrogens with two attached hydrogens (primary N) is 1. The van der Waals surface area contributed by atoms with Crippen LogP contribution in [0.3, 0.4) is 0 Å². The van der Waals surface area contributed by atoms with Gasteiger partial charge in [0, 0.05) is 13.1 Å². The maximum absolute atomic E-state index is 14.5. The van der Waals surface area contributed by atoms with Gasteiger partial charge in [0.25, 0.3) is 0 Å². The molecule has 0 amide bonds. The largest absolute Gasteiger partial charge is 0.497 e. The van der Waals surface area contributed by atoms with E-state index in [-0.39, 0.29) is 36.6 Å². The molecule has 14 heteroatoms. The van der Waals surface area contributed by atoms with Crippen LogP contribution in [0.1, 0.15) is 22.3 Å². The zero-order valence-corrected chi connectivity index (χ0v) is 25.1. The molecule has 5 aromatic rings. The van der Waals surface area contributed by atoms with E-state index in [0.29, 0.717) is 22.6 Å². The van der Waals surface area contributed by atoms with E-state index in [1.165, 1.54) is 25.1 Å². The van der Waals surface area contributed by atoms with Crippen molar-refractivity contribution in [1.29, 1.82) is 0 Å². The summed E-state index contributed by atoms with van der Waals surface area (Å²) in [5.74, 6) is 0.884. The molecule has 1 aromatic heterocycles. The third-order valence-electron chi connectivity index (χ3n) is 7.02. The minimum atomic E-state index is -5.03. The summed E-state index contributed by atoms with van der Waals surface area (Å²) in [5.41, 5.74) is 6.68. The second kappa shape index (κ2) is 13.1. The summed E-state index contributed by atoms with van der Waals surface area (Å²) in [6.07, 6.45) is -5.03. The lowest BCUT2D eigenvalue weighted by Crippen LogP contribution is -2.27. The first-order valence-electron chi connectivity index (χ1n) is 13.6. The molecule has 234 valence electrons. The van der Waals surface area contributed by atoms with E-state index in [2.05, 4.69) is 20.1 Å². The number of nitrogens with one attached hydrogen (secondary N) is 1. The van der Waals surface area contributed by atoms with Crippen molar-refractivity contribution in [2.75, 3.05) is 14.2 Å². The van der Waals surface area contributed by atoms with Gasteiger partial charge in [0.15, 0.2) is 0 Å². The van der Waals surface area contributed by atoms with Gasteiger partial charge in [0.1, 0.15) is 16.4 Å². The van der Waals surface area contributed by atoms with Crippen molar-refractivity contribution in [3.05, 3.63) is 107 Å². The second-order valence-corrected chi connectivity index (χ2v) is 11.6. The molecular weight excluding hydrogens is 609 g/mol. The number of ether oxygens (including phenoxy) is 2. The highest BCUT2D eigenvalue weighted by molar-refractivity contribution is 7.89. The van der Waals surface area contributed by atoms with E-state index >= 15 is 0 Å². The van der Waals surface area contributed by atoms with Gasteiger partial charge in [-0.25, -0.2) is 13.1 Å². The summed E-state index contributed by atoms with van der Waals surface area (Å²) in [6.45, 7) is 0.0840. The first-order chi connectivity index (χ1) is 21.5. The van der Waals surface area contributed by atoms with Crippen LogP contribution in [0.5, 0.6) is 11.5 Å². The molecule has 0 unspecified atom stereocenters. The average Bonchev–Trinajstić information content (AvgIpc) is 3.51. The number of nitrogens with zero attached hydrogens (tertiary/aromatic N) is 4. The van der Waals surface area contributed by atoms with Gasteiger partial charge in [-0.15, -0.1) is 10.2 Å². The summed E-state index contributed by atoms with van der Waals surface area (Å²) in [5, 5.41) is 12.4. The third-order valence-corrected chi connectivity index (χ3v) is 8.50. The van der Waals surface area contributed by atoms with Crippen molar-refractivity contribution < 1.29 is 31.1 Å². The Hall–Kier alpha value is -4.79. The molecule has 0 aliphatic heterocycles. The number of tetrazole rings is 1. The van der Waals surface area contributed by atoms with E-state index in [0.717, 1.165) is 17.2 Å². The Balaban J connectivity index is 1.65. The van der Waals surface area contributed by atoms with Crippen molar-refractivity contribution in [3.8, 4) is 34.0 Å². The highest BCUT2D eigenvalue weighted by Crippen LogP contribution is 2.43. The van der Waals surface area contributed by atoms with Crippen molar-refractivity contribution >= 4 is 10.0 Å². The Morgan fingerprint density at radius 1 is 0.822 bits per heavy atom. The van der Waals surface area contributed by atoms with Crippen LogP contribution < -0.4 is 19.9 Å². The van der Waals surface area contributed by atoms with E-state index in [1.54, 1.807) is 72.8 Å². The number of hydrogen-bond donors (Lipinski definition) is 2. The highest BCUT2D eigenvalue weighted by Gasteiger charge is 2.41. The molecular formula is C31H29F3N6O4S. The number of rotatable bonds is 11. The summed E-state index contributed by atoms with van der Waals surface area (Å²) in [7, 11) is -1.80. The maximum Gasteiger partial charge on any atom is 0.417 e. The SMILES string of the molecule is COc1ccc(CNS(=O)(=O)c2c(C(F)(F)F)ccc(-c3ccc(CN)cc3)c2-c2nnn(Cc3ccc(OC)cc3)n2)cc1. The summed E-state index contributed by atoms with van der Waals surface area (Å²) in [6, 6.07) is 22.1. The Kier molecular flexibility index (Phi) is 9.18. The quantitative estimate of drug-likeness (QED) is 0.206. The van der Waals surface area contributed by atoms with Crippen LogP contribution in [0.15, 0.2) is 89.8 Å². The normalized spacial score (nSPS) is 11.9. The number of halogens is 3. The van der Waals surface area contributed by atoms with Gasteiger partial charge in [-0.05, 0) is 63.4 Å². The lowest BCUT2D eigenvalue weighted by molar-refractivity contribution is -0.139. The average molecular weight is 639 g/mol. The monoisotopic (exact) mass is 638 g/mol. The van der Waals surface area contributed by atoms with Gasteiger partial charge in [0.2, 0.25) is 15.8 Å². The molecule has 10 nitrogen and oxygen atoms in total. The molecule has 1 heterocycles. The highest BCUT2D eigenvalue weighted by atomic mass is 32.2. The second-order valence-electron chi connectivity index (χ2n) is 9.93. The van der Waals surface area contributed by atoms with Crippen LogP contribution in [0.4, 0.5) is 13.2 Å². The lowest BCUT2D eigenvalue weighted by Gasteiger charge is -2.19. The number of hydrogen-bond acceptors (Lipinski definition) is 8. The lowest BCUT2D eigenvalue weighted by atomic mass is 9.96. The first-order valence-corrected chi connectivity index (χ1v) is 15.1. The van der Waals surface area contributed by atoms with E-state index in [9.17, 15) is 21.6 Å². The molecule has 0 aliphatic carbocycles. The van der Waals surface area contributed by atoms with Crippen molar-refractivity contribution in [2.45, 2.75) is 30.7 Å². The van der Waals surface area contributed by atoms with E-state index in [4.69, 9.17) is 15.2 Å². The molecule has 0 radical (unpaired) electrons. The summed E-state index contributed by atoms with van der Waals surface area (Å²) < 4.78 is 83.9. The maximum atomic E-state index is 14.5. The van der Waals surface area contributed by atoms with E-state index in [1.807, 2.05) is 0 Å². The third kappa shape index (κ3) is 7.14. The van der Waals surface area contributed by atoms with Gasteiger partial charge < -0.3 is 15.2 Å². The number of aromatic nitrogens is 4. The fourth-order valence-corrected chi connectivity index (χ4v) is 6.11. The molecule has 5 rings (SSSR count). The predicted molar refractivity (Wildman–Crippen MR) is 161 cm³/mol. The summed E-state index contributed by atoms with van der Waals surface area (Å²) in [4.78, 5) is 0.174. The van der Waals surface area contributed by atoms with Crippen LogP contribution in [-0.2, 0) is 35.8 Å². The fraction of sp³-hybridized carbons (Fsp3) is 0.194. The fourth-order valence-electron chi connectivity index (χ4n) is 4.67. The zero-order chi connectivity index (χ0) is 32.2. The molecule has 0 bridgehead atoms. The van der Waals surface area contributed by atoms with Gasteiger partial charge in [0.05, 0.1) is 31.9 Å². The van der Waals surface area contributed by atoms with Crippen LogP contribution >= 0.6 is 0 Å². The van der Waals surface area contributed by atoms with Gasteiger partial charge in [-0.3, -0.25) is 0 Å². The number of benzene rings is 4. The Bertz CT molecular complexity index is 1880. The zero-order valence-electron chi connectivity index (χ0n) is 24.2. The molecule has 0 saturated heterocycles. The molecule has 45 heavy (non-hydrogen) atoms.